The molecule has 0 saturated carbocycles. The number of nitrogen functional groups attached to an aromatic ring is 1. The minimum atomic E-state index is -0.0896. The van der Waals surface area contributed by atoms with E-state index in [1.165, 1.54) is 0 Å². The number of hydrogen-bond donors (Lipinski definition) is 1. The lowest BCUT2D eigenvalue weighted by Gasteiger charge is -2.14. The van der Waals surface area contributed by atoms with E-state index in [0.29, 0.717) is 34.6 Å². The van der Waals surface area contributed by atoms with Crippen LogP contribution in [-0.2, 0) is 13.0 Å². The second kappa shape index (κ2) is 7.25. The van der Waals surface area contributed by atoms with Gasteiger partial charge in [-0.15, -0.1) is 0 Å². The number of nitrogens with two attached hydrogens (primary N) is 1. The van der Waals surface area contributed by atoms with Crippen LogP contribution >= 0.6 is 11.6 Å². The number of rotatable bonds is 4. The summed E-state index contributed by atoms with van der Waals surface area (Å²) in [6.45, 7) is 0.426. The number of anilines is 1. The van der Waals surface area contributed by atoms with Gasteiger partial charge in [0.15, 0.2) is 0 Å². The first kappa shape index (κ1) is 17.3. The minimum absolute atomic E-state index is 0.0896. The summed E-state index contributed by atoms with van der Waals surface area (Å²) < 4.78 is 1.72. The molecule has 0 radical (unpaired) electrons. The van der Waals surface area contributed by atoms with Crippen molar-refractivity contribution < 1.29 is 0 Å². The molecule has 0 aliphatic rings. The third-order valence-corrected chi connectivity index (χ3v) is 4.77. The van der Waals surface area contributed by atoms with Crippen LogP contribution in [0.4, 0.5) is 5.69 Å². The van der Waals surface area contributed by atoms with E-state index >= 15 is 0 Å². The Morgan fingerprint density at radius 2 is 1.67 bits per heavy atom. The fourth-order valence-corrected chi connectivity index (χ4v) is 3.26. The smallest absolute Gasteiger partial charge is 0.261 e. The maximum Gasteiger partial charge on any atom is 0.261 e. The predicted octanol–water partition coefficient (Wildman–Crippen LogP) is 4.27. The molecule has 0 bridgehead atoms. The highest BCUT2D eigenvalue weighted by Crippen LogP contribution is 2.17. The summed E-state index contributed by atoms with van der Waals surface area (Å²) in [6.07, 6.45) is 0.573. The molecular formula is C22H18ClN3O. The molecule has 134 valence electrons. The Morgan fingerprint density at radius 3 is 2.41 bits per heavy atom. The summed E-state index contributed by atoms with van der Waals surface area (Å²) in [5.74, 6) is 0.721. The zero-order valence-corrected chi connectivity index (χ0v) is 15.4. The third kappa shape index (κ3) is 3.71. The zero-order chi connectivity index (χ0) is 18.8. The fraction of sp³-hybridized carbons (Fsp3) is 0.0909. The first-order valence-electron chi connectivity index (χ1n) is 8.67. The summed E-state index contributed by atoms with van der Waals surface area (Å²) >= 11 is 5.99. The monoisotopic (exact) mass is 375 g/mol. The van der Waals surface area contributed by atoms with E-state index in [0.717, 1.165) is 17.0 Å². The lowest BCUT2D eigenvalue weighted by atomic mass is 10.1. The molecule has 4 nitrogen and oxygen atoms in total. The lowest BCUT2D eigenvalue weighted by molar-refractivity contribution is 0.694. The fourth-order valence-electron chi connectivity index (χ4n) is 3.13. The molecule has 27 heavy (non-hydrogen) atoms. The molecule has 0 spiro atoms. The molecule has 4 rings (SSSR count). The normalized spacial score (nSPS) is 11.0. The molecule has 0 aliphatic heterocycles. The van der Waals surface area contributed by atoms with Gasteiger partial charge in [0.25, 0.3) is 5.56 Å². The number of benzene rings is 3. The van der Waals surface area contributed by atoms with Crippen LogP contribution in [-0.4, -0.2) is 9.55 Å². The van der Waals surface area contributed by atoms with Crippen molar-refractivity contribution in [1.29, 1.82) is 0 Å². The second-order valence-electron chi connectivity index (χ2n) is 6.48. The van der Waals surface area contributed by atoms with Gasteiger partial charge in [-0.1, -0.05) is 54.1 Å². The van der Waals surface area contributed by atoms with Crippen molar-refractivity contribution in [1.82, 2.24) is 9.55 Å². The highest BCUT2D eigenvalue weighted by molar-refractivity contribution is 6.30. The van der Waals surface area contributed by atoms with Gasteiger partial charge in [-0.05, 0) is 41.5 Å². The van der Waals surface area contributed by atoms with E-state index in [4.69, 9.17) is 22.3 Å². The van der Waals surface area contributed by atoms with Gasteiger partial charge in [-0.2, -0.15) is 0 Å². The van der Waals surface area contributed by atoms with E-state index in [1.807, 2.05) is 54.6 Å². The van der Waals surface area contributed by atoms with Crippen molar-refractivity contribution in [2.24, 2.45) is 0 Å². The van der Waals surface area contributed by atoms with E-state index in [9.17, 15) is 4.79 Å². The highest BCUT2D eigenvalue weighted by Gasteiger charge is 2.12. The van der Waals surface area contributed by atoms with Gasteiger partial charge in [0, 0.05) is 17.1 Å². The molecule has 0 fully saturated rings. The SMILES string of the molecule is Nc1ccc2nc(Cc3ccccc3)n(Cc3ccc(Cl)cc3)c(=O)c2c1. The van der Waals surface area contributed by atoms with E-state index in [2.05, 4.69) is 0 Å². The highest BCUT2D eigenvalue weighted by atomic mass is 35.5. The van der Waals surface area contributed by atoms with Gasteiger partial charge in [-0.3, -0.25) is 9.36 Å². The van der Waals surface area contributed by atoms with Crippen LogP contribution in [0, 0.1) is 0 Å². The zero-order valence-electron chi connectivity index (χ0n) is 14.6. The van der Waals surface area contributed by atoms with E-state index in [-0.39, 0.29) is 5.56 Å². The van der Waals surface area contributed by atoms with Crippen molar-refractivity contribution in [3.05, 3.63) is 105 Å². The Balaban J connectivity index is 1.86. The maximum atomic E-state index is 13.2. The van der Waals surface area contributed by atoms with Crippen LogP contribution in [0.5, 0.6) is 0 Å². The number of halogens is 1. The summed E-state index contributed by atoms with van der Waals surface area (Å²) in [4.78, 5) is 18.0. The maximum absolute atomic E-state index is 13.2. The molecule has 4 aromatic rings. The minimum Gasteiger partial charge on any atom is -0.399 e. The van der Waals surface area contributed by atoms with Crippen LogP contribution in [0.1, 0.15) is 17.0 Å². The van der Waals surface area contributed by atoms with Crippen molar-refractivity contribution in [2.75, 3.05) is 5.73 Å². The first-order chi connectivity index (χ1) is 13.1. The summed E-state index contributed by atoms with van der Waals surface area (Å²) in [5.41, 5.74) is 9.09. The third-order valence-electron chi connectivity index (χ3n) is 4.52. The largest absolute Gasteiger partial charge is 0.399 e. The second-order valence-corrected chi connectivity index (χ2v) is 6.92. The van der Waals surface area contributed by atoms with Gasteiger partial charge in [-0.25, -0.2) is 4.98 Å². The molecule has 0 unspecified atom stereocenters. The lowest BCUT2D eigenvalue weighted by Crippen LogP contribution is -2.26. The van der Waals surface area contributed by atoms with Gasteiger partial charge in [0.1, 0.15) is 5.82 Å². The Labute approximate surface area is 161 Å². The van der Waals surface area contributed by atoms with Crippen LogP contribution in [0.2, 0.25) is 5.02 Å². The number of fused-ring (bicyclic) bond motifs is 1. The van der Waals surface area contributed by atoms with Crippen LogP contribution < -0.4 is 11.3 Å². The molecular weight excluding hydrogens is 358 g/mol. The molecule has 3 aromatic carbocycles. The van der Waals surface area contributed by atoms with Crippen molar-refractivity contribution in [3.8, 4) is 0 Å². The Kier molecular flexibility index (Phi) is 4.65. The molecule has 1 aromatic heterocycles. The molecule has 0 amide bonds. The number of hydrogen-bond acceptors (Lipinski definition) is 3. The van der Waals surface area contributed by atoms with Crippen molar-refractivity contribution in [3.63, 3.8) is 0 Å². The molecule has 0 atom stereocenters. The van der Waals surface area contributed by atoms with E-state index in [1.54, 1.807) is 22.8 Å². The van der Waals surface area contributed by atoms with Crippen molar-refractivity contribution >= 4 is 28.2 Å². The quantitative estimate of drug-likeness (QED) is 0.542. The van der Waals surface area contributed by atoms with Gasteiger partial charge >= 0.3 is 0 Å². The summed E-state index contributed by atoms with van der Waals surface area (Å²) in [6, 6.07) is 22.8. The number of aromatic nitrogens is 2. The molecule has 0 saturated heterocycles. The van der Waals surface area contributed by atoms with E-state index < -0.39 is 0 Å². The molecule has 1 heterocycles. The molecule has 0 aliphatic carbocycles. The van der Waals surface area contributed by atoms with Crippen LogP contribution in [0.25, 0.3) is 10.9 Å². The standard InChI is InChI=1S/C22H18ClN3O/c23-17-8-6-16(7-9-17)14-26-21(12-15-4-2-1-3-5-15)25-20-11-10-18(24)13-19(20)22(26)27/h1-11,13H,12,14,24H2. The number of nitrogens with zero attached hydrogens (tertiary/aromatic N) is 2. The Hall–Kier alpha value is -3.11. The van der Waals surface area contributed by atoms with Gasteiger partial charge < -0.3 is 5.73 Å². The average Bonchev–Trinajstić information content (AvgIpc) is 2.68. The average molecular weight is 376 g/mol. The molecule has 2 N–H and O–H groups in total. The Morgan fingerprint density at radius 1 is 0.926 bits per heavy atom. The summed E-state index contributed by atoms with van der Waals surface area (Å²) in [7, 11) is 0. The van der Waals surface area contributed by atoms with Gasteiger partial charge in [0.2, 0.25) is 0 Å². The molecule has 5 heteroatoms. The topological polar surface area (TPSA) is 60.9 Å². The summed E-state index contributed by atoms with van der Waals surface area (Å²) in [5, 5.41) is 1.20. The van der Waals surface area contributed by atoms with Crippen LogP contribution in [0.15, 0.2) is 77.6 Å². The predicted molar refractivity (Wildman–Crippen MR) is 110 cm³/mol. The van der Waals surface area contributed by atoms with Crippen LogP contribution in [0.3, 0.4) is 0 Å². The Bertz CT molecular complexity index is 1150. The van der Waals surface area contributed by atoms with Gasteiger partial charge in [0.05, 0.1) is 17.4 Å². The first-order valence-corrected chi connectivity index (χ1v) is 9.05. The van der Waals surface area contributed by atoms with Crippen molar-refractivity contribution in [2.45, 2.75) is 13.0 Å².